The molecule has 0 saturated carbocycles. The summed E-state index contributed by atoms with van der Waals surface area (Å²) in [7, 11) is 0. The Labute approximate surface area is 179 Å². The Bertz CT molecular complexity index is 809. The Hall–Kier alpha value is -2.88. The lowest BCUT2D eigenvalue weighted by molar-refractivity contribution is -0.137. The number of rotatable bonds is 3. The van der Waals surface area contributed by atoms with Crippen LogP contribution in [0.3, 0.4) is 0 Å². The second-order valence-electron chi connectivity index (χ2n) is 7.90. The molecule has 1 fully saturated rings. The number of ether oxygens (including phenoxy) is 1. The molecule has 1 aliphatic rings. The van der Waals surface area contributed by atoms with Gasteiger partial charge in [-0.3, -0.25) is 14.4 Å². The summed E-state index contributed by atoms with van der Waals surface area (Å²) in [5, 5.41) is 8.07. The molecule has 0 radical (unpaired) electrons. The van der Waals surface area contributed by atoms with Gasteiger partial charge in [-0.1, -0.05) is 11.6 Å². The lowest BCUT2D eigenvalue weighted by Crippen LogP contribution is -2.62. The molecular weight excluding hydrogens is 414 g/mol. The Morgan fingerprint density at radius 2 is 1.83 bits per heavy atom. The SMILES string of the molecule is CC(=O)N1CC[C@H](NC(=O)C(=O)Nc2ccc(Cl)cn2)[C@H](NC(=O)OC(C)(C)C)C1. The fraction of sp³-hybridized carbons (Fsp3) is 0.526. The number of likely N-dealkylation sites (tertiary alicyclic amines) is 1. The van der Waals surface area contributed by atoms with Gasteiger partial charge in [-0.15, -0.1) is 0 Å². The number of hydrogen-bond acceptors (Lipinski definition) is 6. The molecule has 1 aromatic heterocycles. The summed E-state index contributed by atoms with van der Waals surface area (Å²) in [6.07, 6.45) is 1.03. The molecule has 0 unspecified atom stereocenters. The average Bonchev–Trinajstić information content (AvgIpc) is 2.63. The van der Waals surface area contributed by atoms with Gasteiger partial charge >= 0.3 is 17.9 Å². The molecule has 164 valence electrons. The second kappa shape index (κ2) is 9.75. The molecule has 0 aromatic carbocycles. The Kier molecular flexibility index (Phi) is 7.60. The second-order valence-corrected chi connectivity index (χ2v) is 8.34. The van der Waals surface area contributed by atoms with Crippen molar-refractivity contribution in [3.05, 3.63) is 23.4 Å². The van der Waals surface area contributed by atoms with E-state index in [1.165, 1.54) is 25.3 Å². The number of nitrogens with zero attached hydrogens (tertiary/aromatic N) is 2. The van der Waals surface area contributed by atoms with Crippen molar-refractivity contribution >= 4 is 41.2 Å². The third kappa shape index (κ3) is 7.18. The average molecular weight is 440 g/mol. The van der Waals surface area contributed by atoms with Gasteiger partial charge in [0.1, 0.15) is 11.4 Å². The monoisotopic (exact) mass is 439 g/mol. The highest BCUT2D eigenvalue weighted by molar-refractivity contribution is 6.39. The van der Waals surface area contributed by atoms with Crippen molar-refractivity contribution < 1.29 is 23.9 Å². The first kappa shape index (κ1) is 23.4. The molecule has 1 aliphatic heterocycles. The number of anilines is 1. The zero-order chi connectivity index (χ0) is 22.5. The normalized spacial score (nSPS) is 18.9. The standard InChI is InChI=1S/C19H26ClN5O5/c1-11(26)25-8-7-13(14(10-25)23-18(29)30-19(2,3)4)22-16(27)17(28)24-15-6-5-12(20)9-21-15/h5-6,9,13-14H,7-8,10H2,1-4H3,(H,22,27)(H,23,29)(H,21,24,28)/t13-,14+/m0/s1. The van der Waals surface area contributed by atoms with Gasteiger partial charge in [0.25, 0.3) is 0 Å². The number of alkyl carbamates (subject to hydrolysis) is 1. The molecule has 0 bridgehead atoms. The Morgan fingerprint density at radius 3 is 2.40 bits per heavy atom. The summed E-state index contributed by atoms with van der Waals surface area (Å²) in [4.78, 5) is 53.9. The third-order valence-corrected chi connectivity index (χ3v) is 4.48. The van der Waals surface area contributed by atoms with Crippen molar-refractivity contribution in [1.82, 2.24) is 20.5 Å². The van der Waals surface area contributed by atoms with Crippen LogP contribution in [0.4, 0.5) is 10.6 Å². The summed E-state index contributed by atoms with van der Waals surface area (Å²) < 4.78 is 5.26. The van der Waals surface area contributed by atoms with Crippen molar-refractivity contribution in [3.63, 3.8) is 0 Å². The van der Waals surface area contributed by atoms with E-state index in [0.29, 0.717) is 18.0 Å². The van der Waals surface area contributed by atoms with Crippen LogP contribution in [0, 0.1) is 0 Å². The molecule has 30 heavy (non-hydrogen) atoms. The molecule has 11 heteroatoms. The maximum absolute atomic E-state index is 12.4. The van der Waals surface area contributed by atoms with E-state index in [-0.39, 0.29) is 18.3 Å². The van der Waals surface area contributed by atoms with Crippen molar-refractivity contribution in [3.8, 4) is 0 Å². The number of carbonyl (C=O) groups excluding carboxylic acids is 4. The summed E-state index contributed by atoms with van der Waals surface area (Å²) in [6.45, 7) is 7.17. The quantitative estimate of drug-likeness (QED) is 0.609. The van der Waals surface area contributed by atoms with Gasteiger partial charge in [0.05, 0.1) is 17.1 Å². The number of pyridine rings is 1. The van der Waals surface area contributed by atoms with Gasteiger partial charge in [0, 0.05) is 26.2 Å². The fourth-order valence-electron chi connectivity index (χ4n) is 2.87. The molecule has 0 aliphatic carbocycles. The van der Waals surface area contributed by atoms with E-state index >= 15 is 0 Å². The van der Waals surface area contributed by atoms with Gasteiger partial charge in [0.15, 0.2) is 0 Å². The molecule has 4 amide bonds. The smallest absolute Gasteiger partial charge is 0.408 e. The first-order valence-electron chi connectivity index (χ1n) is 9.43. The number of carbonyl (C=O) groups is 4. The first-order chi connectivity index (χ1) is 13.9. The molecular formula is C19H26ClN5O5. The zero-order valence-corrected chi connectivity index (χ0v) is 18.1. The van der Waals surface area contributed by atoms with Crippen LogP contribution >= 0.6 is 11.6 Å². The van der Waals surface area contributed by atoms with Crippen LogP contribution in [-0.2, 0) is 19.1 Å². The largest absolute Gasteiger partial charge is 0.444 e. The van der Waals surface area contributed by atoms with E-state index in [0.717, 1.165) is 0 Å². The molecule has 0 spiro atoms. The predicted octanol–water partition coefficient (Wildman–Crippen LogP) is 1.30. The third-order valence-electron chi connectivity index (χ3n) is 4.25. The van der Waals surface area contributed by atoms with Gasteiger partial charge in [0.2, 0.25) is 5.91 Å². The summed E-state index contributed by atoms with van der Waals surface area (Å²) >= 11 is 5.74. The van der Waals surface area contributed by atoms with Crippen molar-refractivity contribution in [2.45, 2.75) is 51.8 Å². The van der Waals surface area contributed by atoms with Crippen LogP contribution in [0.15, 0.2) is 18.3 Å². The maximum atomic E-state index is 12.4. The minimum Gasteiger partial charge on any atom is -0.444 e. The van der Waals surface area contributed by atoms with Crippen LogP contribution in [-0.4, -0.2) is 64.5 Å². The van der Waals surface area contributed by atoms with Gasteiger partial charge in [-0.05, 0) is 39.3 Å². The summed E-state index contributed by atoms with van der Waals surface area (Å²) in [5.41, 5.74) is -0.705. The van der Waals surface area contributed by atoms with E-state index in [1.54, 1.807) is 25.7 Å². The minimum atomic E-state index is -0.908. The van der Waals surface area contributed by atoms with E-state index in [4.69, 9.17) is 16.3 Å². The van der Waals surface area contributed by atoms with Crippen molar-refractivity contribution in [2.24, 2.45) is 0 Å². The van der Waals surface area contributed by atoms with E-state index in [9.17, 15) is 19.2 Å². The van der Waals surface area contributed by atoms with E-state index in [1.807, 2.05) is 0 Å². The number of piperidine rings is 1. The van der Waals surface area contributed by atoms with Crippen molar-refractivity contribution in [2.75, 3.05) is 18.4 Å². The lowest BCUT2D eigenvalue weighted by atomic mass is 9.99. The van der Waals surface area contributed by atoms with Crippen LogP contribution < -0.4 is 16.0 Å². The van der Waals surface area contributed by atoms with Gasteiger partial charge in [-0.2, -0.15) is 0 Å². The minimum absolute atomic E-state index is 0.151. The topological polar surface area (TPSA) is 130 Å². The van der Waals surface area contributed by atoms with Crippen LogP contribution in [0.5, 0.6) is 0 Å². The maximum Gasteiger partial charge on any atom is 0.408 e. The summed E-state index contributed by atoms with van der Waals surface area (Å²) in [6, 6.07) is 1.80. The Balaban J connectivity index is 2.02. The fourth-order valence-corrected chi connectivity index (χ4v) is 2.98. The highest BCUT2D eigenvalue weighted by Gasteiger charge is 2.34. The molecule has 1 aromatic rings. The molecule has 3 N–H and O–H groups in total. The van der Waals surface area contributed by atoms with Crippen LogP contribution in [0.25, 0.3) is 0 Å². The number of aromatic nitrogens is 1. The molecule has 10 nitrogen and oxygen atoms in total. The van der Waals surface area contributed by atoms with Gasteiger partial charge in [-0.25, -0.2) is 9.78 Å². The van der Waals surface area contributed by atoms with Crippen LogP contribution in [0.1, 0.15) is 34.1 Å². The number of nitrogens with one attached hydrogen (secondary N) is 3. The van der Waals surface area contributed by atoms with Crippen molar-refractivity contribution in [1.29, 1.82) is 0 Å². The van der Waals surface area contributed by atoms with Crippen LogP contribution in [0.2, 0.25) is 5.02 Å². The van der Waals surface area contributed by atoms with Gasteiger partial charge < -0.3 is 25.6 Å². The number of amides is 4. The van der Waals surface area contributed by atoms with E-state index in [2.05, 4.69) is 20.9 Å². The zero-order valence-electron chi connectivity index (χ0n) is 17.3. The molecule has 2 rings (SSSR count). The first-order valence-corrected chi connectivity index (χ1v) is 9.81. The highest BCUT2D eigenvalue weighted by atomic mass is 35.5. The molecule has 2 heterocycles. The summed E-state index contributed by atoms with van der Waals surface area (Å²) in [5.74, 6) is -1.77. The molecule has 2 atom stereocenters. The number of halogens is 1. The predicted molar refractivity (Wildman–Crippen MR) is 110 cm³/mol. The molecule has 1 saturated heterocycles. The Morgan fingerprint density at radius 1 is 1.13 bits per heavy atom. The lowest BCUT2D eigenvalue weighted by Gasteiger charge is -2.38. The highest BCUT2D eigenvalue weighted by Crippen LogP contribution is 2.14. The number of hydrogen-bond donors (Lipinski definition) is 3. The van der Waals surface area contributed by atoms with E-state index < -0.39 is 35.6 Å².